The summed E-state index contributed by atoms with van der Waals surface area (Å²) in [6, 6.07) is 8.09. The Morgan fingerprint density at radius 3 is 2.47 bits per heavy atom. The average molecular weight is 488 g/mol. The van der Waals surface area contributed by atoms with Crippen LogP contribution in [0.5, 0.6) is 0 Å². The lowest BCUT2D eigenvalue weighted by molar-refractivity contribution is 0.0356. The number of hydrogen-bond donors (Lipinski definition) is 2. The molecule has 1 aromatic carbocycles. The molecule has 0 aliphatic carbocycles. The van der Waals surface area contributed by atoms with Gasteiger partial charge in [-0.3, -0.25) is 14.6 Å². The summed E-state index contributed by atoms with van der Waals surface area (Å²) in [7, 11) is 0. The third-order valence-corrected chi connectivity index (χ3v) is 7.04. The van der Waals surface area contributed by atoms with Gasteiger partial charge in [-0.1, -0.05) is 18.2 Å². The van der Waals surface area contributed by atoms with Crippen molar-refractivity contribution in [2.45, 2.75) is 19.9 Å². The van der Waals surface area contributed by atoms with Gasteiger partial charge in [0.05, 0.1) is 38.5 Å². The predicted octanol–water partition coefficient (Wildman–Crippen LogP) is 1.57. The Morgan fingerprint density at radius 1 is 1.09 bits per heavy atom. The lowest BCUT2D eigenvalue weighted by atomic mass is 10.1. The fourth-order valence-corrected chi connectivity index (χ4v) is 4.78. The summed E-state index contributed by atoms with van der Waals surface area (Å²) < 4.78 is 10.9. The van der Waals surface area contributed by atoms with Crippen LogP contribution in [0.15, 0.2) is 29.1 Å². The fraction of sp³-hybridized carbons (Fsp3) is 0.600. The zero-order valence-corrected chi connectivity index (χ0v) is 21.0. The van der Waals surface area contributed by atoms with Gasteiger partial charge in [-0.05, 0) is 49.1 Å². The zero-order valence-electron chi connectivity index (χ0n) is 20.2. The van der Waals surface area contributed by atoms with Crippen molar-refractivity contribution in [3.05, 3.63) is 45.7 Å². The molecule has 0 saturated carbocycles. The second kappa shape index (κ2) is 12.6. The Balaban J connectivity index is 1.39. The molecular formula is C25H37N5O3S. The zero-order chi connectivity index (χ0) is 23.8. The van der Waals surface area contributed by atoms with Crippen LogP contribution in [-0.2, 0) is 16.0 Å². The van der Waals surface area contributed by atoms with Crippen LogP contribution in [0, 0.1) is 6.92 Å². The highest BCUT2D eigenvalue weighted by Crippen LogP contribution is 2.16. The number of fused-ring (bicyclic) bond motifs is 1. The smallest absolute Gasteiger partial charge is 0.253 e. The molecule has 8 nitrogen and oxygen atoms in total. The number of benzene rings is 1. The molecule has 9 heteroatoms. The van der Waals surface area contributed by atoms with E-state index in [1.165, 1.54) is 0 Å². The van der Waals surface area contributed by atoms with E-state index in [1.807, 2.05) is 31.2 Å². The van der Waals surface area contributed by atoms with Gasteiger partial charge in [0.15, 0.2) is 5.11 Å². The standard InChI is InChI=1S/C25H37N5O3S/c1-20-4-2-5-21-18-22(24(31)27-23(20)21)19-30(9-8-29-12-16-33-17-13-29)25(34)26-6-3-7-28-10-14-32-15-11-28/h2,4-5,18H,3,6-17,19H2,1H3,(H,26,34)(H,27,31). The number of aryl methyl sites for hydroxylation is 1. The van der Waals surface area contributed by atoms with Gasteiger partial charge >= 0.3 is 0 Å². The number of aromatic amines is 1. The molecule has 34 heavy (non-hydrogen) atoms. The Kier molecular flexibility index (Phi) is 9.29. The molecule has 0 amide bonds. The molecule has 3 heterocycles. The second-order valence-electron chi connectivity index (χ2n) is 9.08. The average Bonchev–Trinajstić information content (AvgIpc) is 2.86. The molecule has 2 aliphatic heterocycles. The SMILES string of the molecule is Cc1cccc2cc(CN(CCN3CCOCC3)C(=S)NCCCN3CCOCC3)c(=O)[nH]c12. The molecule has 2 fully saturated rings. The third-order valence-electron chi connectivity index (χ3n) is 6.63. The largest absolute Gasteiger partial charge is 0.379 e. The van der Waals surface area contributed by atoms with Gasteiger partial charge in [0.2, 0.25) is 0 Å². The minimum absolute atomic E-state index is 0.0479. The van der Waals surface area contributed by atoms with Gasteiger partial charge in [0.25, 0.3) is 5.56 Å². The fourth-order valence-electron chi connectivity index (χ4n) is 4.53. The van der Waals surface area contributed by atoms with Crippen LogP contribution in [0.1, 0.15) is 17.5 Å². The van der Waals surface area contributed by atoms with E-state index in [2.05, 4.69) is 25.0 Å². The first kappa shape index (κ1) is 25.1. The van der Waals surface area contributed by atoms with Crippen molar-refractivity contribution in [1.82, 2.24) is 25.0 Å². The first-order valence-corrected chi connectivity index (χ1v) is 12.8. The van der Waals surface area contributed by atoms with Gasteiger partial charge in [0.1, 0.15) is 0 Å². The maximum Gasteiger partial charge on any atom is 0.253 e. The monoisotopic (exact) mass is 487 g/mol. The van der Waals surface area contributed by atoms with E-state index in [1.54, 1.807) is 0 Å². The van der Waals surface area contributed by atoms with Crippen LogP contribution in [0.25, 0.3) is 10.9 Å². The molecule has 2 aliphatic rings. The van der Waals surface area contributed by atoms with E-state index in [0.29, 0.717) is 11.7 Å². The summed E-state index contributed by atoms with van der Waals surface area (Å²) in [6.07, 6.45) is 1.02. The summed E-state index contributed by atoms with van der Waals surface area (Å²) in [6.45, 7) is 13.1. The molecule has 2 saturated heterocycles. The summed E-state index contributed by atoms with van der Waals surface area (Å²) in [5.41, 5.74) is 2.66. The Bertz CT molecular complexity index is 1000. The van der Waals surface area contributed by atoms with E-state index in [-0.39, 0.29) is 5.56 Å². The maximum atomic E-state index is 12.9. The minimum Gasteiger partial charge on any atom is -0.379 e. The van der Waals surface area contributed by atoms with Crippen LogP contribution < -0.4 is 10.9 Å². The lowest BCUT2D eigenvalue weighted by Gasteiger charge is -2.31. The maximum absolute atomic E-state index is 12.9. The predicted molar refractivity (Wildman–Crippen MR) is 139 cm³/mol. The number of nitrogens with one attached hydrogen (secondary N) is 2. The number of pyridine rings is 1. The number of rotatable bonds is 9. The minimum atomic E-state index is -0.0479. The van der Waals surface area contributed by atoms with Crippen LogP contribution in [-0.4, -0.2) is 104 Å². The number of thiocarbonyl (C=S) groups is 1. The molecule has 1 aromatic heterocycles. The van der Waals surface area contributed by atoms with Gasteiger partial charge in [-0.15, -0.1) is 0 Å². The summed E-state index contributed by atoms with van der Waals surface area (Å²) in [4.78, 5) is 22.9. The number of ether oxygens (including phenoxy) is 2. The molecule has 0 spiro atoms. The second-order valence-corrected chi connectivity index (χ2v) is 9.46. The van der Waals surface area contributed by atoms with E-state index in [4.69, 9.17) is 21.7 Å². The number of morpholine rings is 2. The molecular weight excluding hydrogens is 450 g/mol. The molecule has 0 bridgehead atoms. The van der Waals surface area contributed by atoms with Gasteiger partial charge in [-0.2, -0.15) is 0 Å². The normalized spacial score (nSPS) is 17.7. The van der Waals surface area contributed by atoms with Crippen molar-refractivity contribution in [2.24, 2.45) is 0 Å². The van der Waals surface area contributed by atoms with Crippen molar-refractivity contribution in [3.8, 4) is 0 Å². The highest BCUT2D eigenvalue weighted by atomic mass is 32.1. The highest BCUT2D eigenvalue weighted by Gasteiger charge is 2.17. The van der Waals surface area contributed by atoms with Crippen molar-refractivity contribution in [2.75, 3.05) is 78.8 Å². The molecule has 4 rings (SSSR count). The van der Waals surface area contributed by atoms with Crippen molar-refractivity contribution < 1.29 is 9.47 Å². The molecule has 186 valence electrons. The first-order valence-electron chi connectivity index (χ1n) is 12.3. The third kappa shape index (κ3) is 6.99. The number of para-hydroxylation sites is 1. The lowest BCUT2D eigenvalue weighted by Crippen LogP contribution is -2.46. The Morgan fingerprint density at radius 2 is 1.76 bits per heavy atom. The topological polar surface area (TPSA) is 73.1 Å². The quantitative estimate of drug-likeness (QED) is 0.408. The summed E-state index contributed by atoms with van der Waals surface area (Å²) >= 11 is 5.80. The van der Waals surface area contributed by atoms with E-state index in [0.717, 1.165) is 107 Å². The van der Waals surface area contributed by atoms with Gasteiger partial charge in [-0.25, -0.2) is 0 Å². The Hall–Kier alpha value is -2.04. The number of nitrogens with zero attached hydrogens (tertiary/aromatic N) is 3. The van der Waals surface area contributed by atoms with Crippen molar-refractivity contribution in [3.63, 3.8) is 0 Å². The number of H-pyrrole nitrogens is 1. The molecule has 2 N–H and O–H groups in total. The van der Waals surface area contributed by atoms with E-state index >= 15 is 0 Å². The van der Waals surface area contributed by atoms with Crippen LogP contribution in [0.2, 0.25) is 0 Å². The number of aromatic nitrogens is 1. The molecule has 0 atom stereocenters. The van der Waals surface area contributed by atoms with Crippen LogP contribution >= 0.6 is 12.2 Å². The van der Waals surface area contributed by atoms with Crippen molar-refractivity contribution >= 4 is 28.2 Å². The molecule has 0 radical (unpaired) electrons. The summed E-state index contributed by atoms with van der Waals surface area (Å²) in [5.74, 6) is 0. The van der Waals surface area contributed by atoms with Crippen LogP contribution in [0.4, 0.5) is 0 Å². The van der Waals surface area contributed by atoms with Gasteiger partial charge in [0, 0.05) is 51.4 Å². The summed E-state index contributed by atoms with van der Waals surface area (Å²) in [5, 5.41) is 5.20. The first-order chi connectivity index (χ1) is 16.6. The van der Waals surface area contributed by atoms with Crippen LogP contribution in [0.3, 0.4) is 0 Å². The van der Waals surface area contributed by atoms with E-state index in [9.17, 15) is 4.79 Å². The van der Waals surface area contributed by atoms with Crippen molar-refractivity contribution in [1.29, 1.82) is 0 Å². The molecule has 2 aromatic rings. The Labute approximate surface area is 207 Å². The molecule has 0 unspecified atom stereocenters. The number of hydrogen-bond acceptors (Lipinski definition) is 6. The van der Waals surface area contributed by atoms with Gasteiger partial charge < -0.3 is 24.7 Å². The highest BCUT2D eigenvalue weighted by molar-refractivity contribution is 7.80. The van der Waals surface area contributed by atoms with E-state index < -0.39 is 0 Å².